The number of rotatable bonds is 7. The highest BCUT2D eigenvalue weighted by molar-refractivity contribution is 9.10. The molecule has 162 valence electrons. The van der Waals surface area contributed by atoms with Crippen LogP contribution in [0.25, 0.3) is 17.1 Å². The topological polar surface area (TPSA) is 57.0 Å². The predicted molar refractivity (Wildman–Crippen MR) is 132 cm³/mol. The van der Waals surface area contributed by atoms with Crippen molar-refractivity contribution in [2.24, 2.45) is 0 Å². The van der Waals surface area contributed by atoms with Gasteiger partial charge < -0.3 is 4.74 Å². The summed E-state index contributed by atoms with van der Waals surface area (Å²) >= 11 is 11.2. The van der Waals surface area contributed by atoms with E-state index < -0.39 is 0 Å². The van der Waals surface area contributed by atoms with Gasteiger partial charge >= 0.3 is 0 Å². The third-order valence-electron chi connectivity index (χ3n) is 4.86. The minimum Gasteiger partial charge on any atom is -0.497 e. The molecule has 1 atom stereocenters. The van der Waals surface area contributed by atoms with E-state index in [0.717, 1.165) is 21.5 Å². The first-order valence-electron chi connectivity index (χ1n) is 9.79. The molecule has 0 bridgehead atoms. The van der Waals surface area contributed by atoms with Gasteiger partial charge in [0.2, 0.25) is 0 Å². The van der Waals surface area contributed by atoms with E-state index in [0.29, 0.717) is 21.6 Å². The molecule has 0 aliphatic carbocycles. The molecule has 1 heterocycles. The number of hydrogen-bond acceptors (Lipinski definition) is 5. The number of thioether (sulfide) groups is 1. The fourth-order valence-electron chi connectivity index (χ4n) is 3.19. The molecule has 0 spiro atoms. The van der Waals surface area contributed by atoms with Gasteiger partial charge in [-0.3, -0.25) is 9.36 Å². The standard InChI is InChI=1S/C24H19BrClN3O2S/c1-15(22(30)16-7-9-17(25)10-8-16)32-24-28-27-23(20-5-3-4-6-21(20)26)29(24)18-11-13-19(31-2)14-12-18/h3-15H,1-2H3/t15-/m0/s1. The molecular formula is C24H19BrClN3O2S. The highest BCUT2D eigenvalue weighted by Crippen LogP contribution is 2.34. The van der Waals surface area contributed by atoms with Crippen LogP contribution >= 0.6 is 39.3 Å². The van der Waals surface area contributed by atoms with Crippen molar-refractivity contribution in [2.45, 2.75) is 17.3 Å². The first kappa shape index (κ1) is 22.6. The summed E-state index contributed by atoms with van der Waals surface area (Å²) in [5.74, 6) is 1.37. The molecule has 0 aliphatic rings. The summed E-state index contributed by atoms with van der Waals surface area (Å²) in [5, 5.41) is 9.64. The molecule has 0 unspecified atom stereocenters. The van der Waals surface area contributed by atoms with Crippen LogP contribution in [0.2, 0.25) is 5.02 Å². The molecule has 3 aromatic carbocycles. The molecule has 0 saturated carbocycles. The minimum absolute atomic E-state index is 0.0195. The van der Waals surface area contributed by atoms with E-state index in [1.54, 1.807) is 7.11 Å². The van der Waals surface area contributed by atoms with Gasteiger partial charge in [-0.1, -0.05) is 63.6 Å². The molecule has 1 aromatic heterocycles. The third-order valence-corrected chi connectivity index (χ3v) is 6.76. The zero-order valence-electron chi connectivity index (χ0n) is 17.3. The number of ether oxygens (including phenoxy) is 1. The Morgan fingerprint density at radius 3 is 2.38 bits per heavy atom. The highest BCUT2D eigenvalue weighted by atomic mass is 79.9. The van der Waals surface area contributed by atoms with E-state index in [-0.39, 0.29) is 11.0 Å². The first-order chi connectivity index (χ1) is 15.5. The van der Waals surface area contributed by atoms with Crippen molar-refractivity contribution in [3.8, 4) is 22.8 Å². The van der Waals surface area contributed by atoms with E-state index in [1.807, 2.05) is 84.3 Å². The van der Waals surface area contributed by atoms with Gasteiger partial charge in [0.25, 0.3) is 0 Å². The van der Waals surface area contributed by atoms with Crippen molar-refractivity contribution < 1.29 is 9.53 Å². The summed E-state index contributed by atoms with van der Waals surface area (Å²) in [7, 11) is 1.62. The first-order valence-corrected chi connectivity index (χ1v) is 11.8. The maximum absolute atomic E-state index is 13.0. The molecule has 5 nitrogen and oxygen atoms in total. The Morgan fingerprint density at radius 2 is 1.72 bits per heavy atom. The molecule has 0 saturated heterocycles. The monoisotopic (exact) mass is 527 g/mol. The fraction of sp³-hybridized carbons (Fsp3) is 0.125. The minimum atomic E-state index is -0.364. The second-order valence-electron chi connectivity index (χ2n) is 6.95. The number of aromatic nitrogens is 3. The summed E-state index contributed by atoms with van der Waals surface area (Å²) in [6.45, 7) is 1.87. The number of methoxy groups -OCH3 is 1. The molecule has 4 aromatic rings. The van der Waals surface area contributed by atoms with Crippen LogP contribution in [0, 0.1) is 0 Å². The lowest BCUT2D eigenvalue weighted by Crippen LogP contribution is -2.14. The average molecular weight is 529 g/mol. The zero-order valence-corrected chi connectivity index (χ0v) is 20.5. The lowest BCUT2D eigenvalue weighted by Gasteiger charge is -2.14. The Bertz CT molecular complexity index is 1240. The van der Waals surface area contributed by atoms with E-state index in [4.69, 9.17) is 16.3 Å². The van der Waals surface area contributed by atoms with Crippen molar-refractivity contribution in [1.29, 1.82) is 0 Å². The fourth-order valence-corrected chi connectivity index (χ4v) is 4.62. The lowest BCUT2D eigenvalue weighted by atomic mass is 10.1. The van der Waals surface area contributed by atoms with Crippen LogP contribution in [0.4, 0.5) is 0 Å². The summed E-state index contributed by atoms with van der Waals surface area (Å²) in [5.41, 5.74) is 2.25. The highest BCUT2D eigenvalue weighted by Gasteiger charge is 2.23. The number of halogens is 2. The van der Waals surface area contributed by atoms with Gasteiger partial charge in [0.05, 0.1) is 17.4 Å². The molecule has 0 fully saturated rings. The van der Waals surface area contributed by atoms with Crippen molar-refractivity contribution in [2.75, 3.05) is 7.11 Å². The van der Waals surface area contributed by atoms with Gasteiger partial charge in [-0.05, 0) is 55.5 Å². The second-order valence-corrected chi connectivity index (χ2v) is 9.58. The molecule has 32 heavy (non-hydrogen) atoms. The van der Waals surface area contributed by atoms with Crippen molar-refractivity contribution in [1.82, 2.24) is 14.8 Å². The second kappa shape index (κ2) is 9.90. The Balaban J connectivity index is 1.73. The van der Waals surface area contributed by atoms with Crippen LogP contribution < -0.4 is 4.74 Å². The van der Waals surface area contributed by atoms with Gasteiger partial charge in [-0.25, -0.2) is 0 Å². The van der Waals surface area contributed by atoms with E-state index in [2.05, 4.69) is 26.1 Å². The van der Waals surface area contributed by atoms with Crippen LogP contribution in [0.5, 0.6) is 5.75 Å². The number of benzene rings is 3. The third kappa shape index (κ3) is 4.75. The quantitative estimate of drug-likeness (QED) is 0.197. The number of carbonyl (C=O) groups excluding carboxylic acids is 1. The Kier molecular flexibility index (Phi) is 6.98. The predicted octanol–water partition coefficient (Wildman–Crippen LogP) is 6.72. The van der Waals surface area contributed by atoms with E-state index >= 15 is 0 Å². The lowest BCUT2D eigenvalue weighted by molar-refractivity contribution is 0.0994. The maximum atomic E-state index is 13.0. The number of nitrogens with zero attached hydrogens (tertiary/aromatic N) is 3. The molecule has 0 N–H and O–H groups in total. The van der Waals surface area contributed by atoms with Crippen LogP contribution in [0.3, 0.4) is 0 Å². The van der Waals surface area contributed by atoms with Gasteiger partial charge in [-0.15, -0.1) is 10.2 Å². The SMILES string of the molecule is COc1ccc(-n2c(S[C@@H](C)C(=O)c3ccc(Br)cc3)nnc2-c2ccccc2Cl)cc1. The molecule has 4 rings (SSSR count). The molecule has 0 amide bonds. The molecular weight excluding hydrogens is 510 g/mol. The summed E-state index contributed by atoms with van der Waals surface area (Å²) in [4.78, 5) is 13.0. The van der Waals surface area contributed by atoms with Gasteiger partial charge in [-0.2, -0.15) is 0 Å². The Hall–Kier alpha value is -2.61. The summed E-state index contributed by atoms with van der Waals surface area (Å²) in [6.07, 6.45) is 0. The summed E-state index contributed by atoms with van der Waals surface area (Å²) in [6, 6.07) is 22.4. The van der Waals surface area contributed by atoms with Crippen LogP contribution in [-0.2, 0) is 0 Å². The number of ketones is 1. The number of carbonyl (C=O) groups is 1. The van der Waals surface area contributed by atoms with Crippen LogP contribution in [-0.4, -0.2) is 32.9 Å². The molecule has 8 heteroatoms. The molecule has 0 radical (unpaired) electrons. The van der Waals surface area contributed by atoms with Crippen molar-refractivity contribution >= 4 is 45.1 Å². The Labute approximate surface area is 203 Å². The Morgan fingerprint density at radius 1 is 1.03 bits per heavy atom. The molecule has 0 aliphatic heterocycles. The van der Waals surface area contributed by atoms with Gasteiger partial charge in [0.15, 0.2) is 16.8 Å². The van der Waals surface area contributed by atoms with Crippen LogP contribution in [0.1, 0.15) is 17.3 Å². The smallest absolute Gasteiger partial charge is 0.196 e. The van der Waals surface area contributed by atoms with Crippen LogP contribution in [0.15, 0.2) is 82.4 Å². The maximum Gasteiger partial charge on any atom is 0.196 e. The summed E-state index contributed by atoms with van der Waals surface area (Å²) < 4.78 is 8.13. The van der Waals surface area contributed by atoms with E-state index in [1.165, 1.54) is 11.8 Å². The largest absolute Gasteiger partial charge is 0.497 e. The number of Topliss-reactive ketones (excluding diaryl/α,β-unsaturated/α-hetero) is 1. The van der Waals surface area contributed by atoms with Crippen molar-refractivity contribution in [3.63, 3.8) is 0 Å². The number of hydrogen-bond donors (Lipinski definition) is 0. The van der Waals surface area contributed by atoms with Gasteiger partial charge in [0.1, 0.15) is 5.75 Å². The van der Waals surface area contributed by atoms with Gasteiger partial charge in [0, 0.05) is 21.3 Å². The average Bonchev–Trinajstić information content (AvgIpc) is 3.22. The normalized spacial score (nSPS) is 11.9. The van der Waals surface area contributed by atoms with Crippen molar-refractivity contribution in [3.05, 3.63) is 87.9 Å². The zero-order chi connectivity index (χ0) is 22.7. The van der Waals surface area contributed by atoms with E-state index in [9.17, 15) is 4.79 Å².